The lowest BCUT2D eigenvalue weighted by molar-refractivity contribution is -0.122. The van der Waals surface area contributed by atoms with Crippen molar-refractivity contribution in [3.63, 3.8) is 0 Å². The summed E-state index contributed by atoms with van der Waals surface area (Å²) in [5, 5.41) is 0. The second-order valence-corrected chi connectivity index (χ2v) is 10.2. The maximum absolute atomic E-state index is 13.4. The number of rotatable bonds is 7. The number of benzene rings is 1. The first-order chi connectivity index (χ1) is 17.5. The molecule has 2 aromatic heterocycles. The maximum atomic E-state index is 13.4. The van der Waals surface area contributed by atoms with E-state index < -0.39 is 0 Å². The smallest absolute Gasteiger partial charge is 0.267 e. The van der Waals surface area contributed by atoms with E-state index in [0.717, 1.165) is 31.5 Å². The minimum absolute atomic E-state index is 0.196. The lowest BCUT2D eigenvalue weighted by atomic mass is 10.1. The van der Waals surface area contributed by atoms with Gasteiger partial charge in [-0.15, -0.1) is 0 Å². The van der Waals surface area contributed by atoms with Crippen LogP contribution in [0.5, 0.6) is 11.5 Å². The number of pyridine rings is 1. The second kappa shape index (κ2) is 10.3. The van der Waals surface area contributed by atoms with Crippen LogP contribution in [0.4, 0.5) is 5.82 Å². The lowest BCUT2D eigenvalue weighted by Gasteiger charge is -2.19. The van der Waals surface area contributed by atoms with Gasteiger partial charge >= 0.3 is 0 Å². The van der Waals surface area contributed by atoms with Gasteiger partial charge in [-0.3, -0.25) is 18.9 Å². The Morgan fingerprint density at radius 2 is 1.86 bits per heavy atom. The molecule has 1 amide bonds. The first kappa shape index (κ1) is 24.3. The van der Waals surface area contributed by atoms with Crippen molar-refractivity contribution in [2.45, 2.75) is 19.3 Å². The third-order valence-corrected chi connectivity index (χ3v) is 7.75. The van der Waals surface area contributed by atoms with Gasteiger partial charge in [0.2, 0.25) is 0 Å². The standard InChI is InChI=1S/C26H26N4O4S2/c1-33-19-9-8-17(15-20(19)34-2)10-14-30-25(32)21(36-26(30)35)16-18-23(28-11-5-6-12-28)27-22-7-3-4-13-29(22)24(18)31/h3-4,7-9,13,15-16H,5-6,10-12,14H2,1-2H3/b21-16+. The largest absolute Gasteiger partial charge is 0.493 e. The zero-order valence-corrected chi connectivity index (χ0v) is 21.7. The lowest BCUT2D eigenvalue weighted by Crippen LogP contribution is -2.30. The summed E-state index contributed by atoms with van der Waals surface area (Å²) in [6.45, 7) is 2.09. The summed E-state index contributed by atoms with van der Waals surface area (Å²) in [5.74, 6) is 1.72. The molecule has 0 unspecified atom stereocenters. The van der Waals surface area contributed by atoms with E-state index in [9.17, 15) is 9.59 Å². The Morgan fingerprint density at radius 1 is 1.08 bits per heavy atom. The van der Waals surface area contributed by atoms with Gasteiger partial charge in [-0.2, -0.15) is 0 Å². The van der Waals surface area contributed by atoms with Gasteiger partial charge in [0.05, 0.1) is 24.7 Å². The van der Waals surface area contributed by atoms with E-state index in [1.807, 2.05) is 30.3 Å². The Balaban J connectivity index is 1.43. The van der Waals surface area contributed by atoms with Gasteiger partial charge in [0, 0.05) is 25.8 Å². The van der Waals surface area contributed by atoms with E-state index in [2.05, 4.69) is 4.90 Å². The number of carbonyl (C=O) groups excluding carboxylic acids is 1. The third kappa shape index (κ3) is 4.58. The Bertz CT molecular complexity index is 1430. The predicted octanol–water partition coefficient (Wildman–Crippen LogP) is 3.76. The fourth-order valence-electron chi connectivity index (χ4n) is 4.49. The molecule has 3 aromatic rings. The molecule has 0 spiro atoms. The molecule has 1 aromatic carbocycles. The van der Waals surface area contributed by atoms with Crippen molar-refractivity contribution in [2.24, 2.45) is 0 Å². The molecule has 5 rings (SSSR count). The van der Waals surface area contributed by atoms with Gasteiger partial charge in [-0.05, 0) is 55.2 Å². The van der Waals surface area contributed by atoms with Crippen molar-refractivity contribution in [3.8, 4) is 11.5 Å². The monoisotopic (exact) mass is 522 g/mol. The van der Waals surface area contributed by atoms with Crippen LogP contribution in [-0.2, 0) is 11.2 Å². The number of aromatic nitrogens is 2. The van der Waals surface area contributed by atoms with E-state index in [1.165, 1.54) is 16.2 Å². The van der Waals surface area contributed by atoms with Crippen LogP contribution >= 0.6 is 24.0 Å². The highest BCUT2D eigenvalue weighted by molar-refractivity contribution is 8.26. The predicted molar refractivity (Wildman–Crippen MR) is 146 cm³/mol. The number of carbonyl (C=O) groups is 1. The molecule has 0 radical (unpaired) electrons. The molecular weight excluding hydrogens is 496 g/mol. The van der Waals surface area contributed by atoms with Crippen LogP contribution in [0.15, 0.2) is 52.3 Å². The number of thiocarbonyl (C=S) groups is 1. The van der Waals surface area contributed by atoms with Crippen LogP contribution < -0.4 is 19.9 Å². The molecule has 2 aliphatic heterocycles. The molecule has 0 aliphatic carbocycles. The molecule has 0 atom stereocenters. The van der Waals surface area contributed by atoms with Crippen LogP contribution in [0.1, 0.15) is 24.0 Å². The zero-order valence-electron chi connectivity index (χ0n) is 20.1. The molecule has 2 fully saturated rings. The van der Waals surface area contributed by atoms with Crippen LogP contribution in [0.25, 0.3) is 11.7 Å². The van der Waals surface area contributed by atoms with Crippen molar-refractivity contribution in [2.75, 3.05) is 38.8 Å². The van der Waals surface area contributed by atoms with Gasteiger partial charge in [-0.1, -0.05) is 36.1 Å². The van der Waals surface area contributed by atoms with Crippen LogP contribution in [0.3, 0.4) is 0 Å². The number of anilines is 1. The number of amides is 1. The molecule has 2 saturated heterocycles. The number of nitrogens with zero attached hydrogens (tertiary/aromatic N) is 4. The van der Waals surface area contributed by atoms with Crippen molar-refractivity contribution >= 4 is 51.7 Å². The average molecular weight is 523 g/mol. The third-order valence-electron chi connectivity index (χ3n) is 6.38. The summed E-state index contributed by atoms with van der Waals surface area (Å²) in [7, 11) is 3.19. The number of hydrogen-bond donors (Lipinski definition) is 0. The zero-order chi connectivity index (χ0) is 25.2. The Kier molecular flexibility index (Phi) is 6.97. The topological polar surface area (TPSA) is 76.4 Å². The average Bonchev–Trinajstić information content (AvgIpc) is 3.52. The van der Waals surface area contributed by atoms with E-state index in [-0.39, 0.29) is 11.5 Å². The minimum Gasteiger partial charge on any atom is -0.493 e. The van der Waals surface area contributed by atoms with Gasteiger partial charge in [-0.25, -0.2) is 4.98 Å². The van der Waals surface area contributed by atoms with Gasteiger partial charge in [0.1, 0.15) is 15.8 Å². The second-order valence-electron chi connectivity index (χ2n) is 8.55. The van der Waals surface area contributed by atoms with E-state index in [0.29, 0.717) is 50.7 Å². The van der Waals surface area contributed by atoms with Crippen molar-refractivity contribution in [1.29, 1.82) is 0 Å². The number of thioether (sulfide) groups is 1. The molecule has 0 saturated carbocycles. The van der Waals surface area contributed by atoms with E-state index >= 15 is 0 Å². The normalized spacial score (nSPS) is 17.0. The summed E-state index contributed by atoms with van der Waals surface area (Å²) >= 11 is 6.76. The SMILES string of the molecule is COc1ccc(CCN2C(=O)/C(=C\c3c(N4CCCC4)nc4ccccn4c3=O)SC2=S)cc1OC. The van der Waals surface area contributed by atoms with Gasteiger partial charge in [0.15, 0.2) is 11.5 Å². The maximum Gasteiger partial charge on any atom is 0.267 e. The highest BCUT2D eigenvalue weighted by atomic mass is 32.2. The summed E-state index contributed by atoms with van der Waals surface area (Å²) in [4.78, 5) is 35.7. The molecule has 0 N–H and O–H groups in total. The van der Waals surface area contributed by atoms with Crippen molar-refractivity contribution < 1.29 is 14.3 Å². The molecular formula is C26H26N4O4S2. The summed E-state index contributed by atoms with van der Waals surface area (Å²) in [5.41, 5.74) is 1.81. The molecule has 2 aliphatic rings. The van der Waals surface area contributed by atoms with E-state index in [4.69, 9.17) is 26.7 Å². The molecule has 36 heavy (non-hydrogen) atoms. The fraction of sp³-hybridized carbons (Fsp3) is 0.308. The highest BCUT2D eigenvalue weighted by Gasteiger charge is 2.33. The fourth-order valence-corrected chi connectivity index (χ4v) is 5.78. The highest BCUT2D eigenvalue weighted by Crippen LogP contribution is 2.34. The summed E-state index contributed by atoms with van der Waals surface area (Å²) < 4.78 is 12.7. The van der Waals surface area contributed by atoms with Crippen LogP contribution in [-0.4, -0.2) is 58.4 Å². The quantitative estimate of drug-likeness (QED) is 0.343. The van der Waals surface area contributed by atoms with Crippen LogP contribution in [0.2, 0.25) is 0 Å². The summed E-state index contributed by atoms with van der Waals surface area (Å²) in [6.07, 6.45) is 6.06. The summed E-state index contributed by atoms with van der Waals surface area (Å²) in [6, 6.07) is 11.2. The molecule has 4 heterocycles. The Morgan fingerprint density at radius 3 is 2.61 bits per heavy atom. The molecule has 0 bridgehead atoms. The van der Waals surface area contributed by atoms with Crippen LogP contribution in [0, 0.1) is 0 Å². The molecule has 186 valence electrons. The minimum atomic E-state index is -0.199. The molecule has 8 nitrogen and oxygen atoms in total. The Hall–Kier alpha value is -3.37. The number of hydrogen-bond acceptors (Lipinski definition) is 8. The van der Waals surface area contributed by atoms with Crippen molar-refractivity contribution in [1.82, 2.24) is 14.3 Å². The first-order valence-electron chi connectivity index (χ1n) is 11.7. The van der Waals surface area contributed by atoms with Gasteiger partial charge in [0.25, 0.3) is 11.5 Å². The number of fused-ring (bicyclic) bond motifs is 1. The van der Waals surface area contributed by atoms with Crippen molar-refractivity contribution in [3.05, 3.63) is 69.0 Å². The first-order valence-corrected chi connectivity index (χ1v) is 12.9. The van der Waals surface area contributed by atoms with Gasteiger partial charge < -0.3 is 14.4 Å². The molecule has 10 heteroatoms. The number of ether oxygens (including phenoxy) is 2. The van der Waals surface area contributed by atoms with E-state index in [1.54, 1.807) is 37.5 Å². The number of methoxy groups -OCH3 is 2. The Labute approximate surface area is 218 Å².